The molecule has 0 bridgehead atoms. The van der Waals surface area contributed by atoms with Crippen molar-refractivity contribution in [1.82, 2.24) is 9.78 Å². The lowest BCUT2D eigenvalue weighted by molar-refractivity contribution is 0.509. The van der Waals surface area contributed by atoms with Crippen LogP contribution in [0.3, 0.4) is 0 Å². The predicted octanol–water partition coefficient (Wildman–Crippen LogP) is 4.79. The SMILES string of the molecule is NS(=O)(=O)c1ccc(-n2nc(-c3ccc(F)c(F)c3)cc2-c2ccc(Cl)cc2)cc1. The molecule has 0 saturated carbocycles. The number of rotatable bonds is 4. The number of sulfonamides is 1. The normalized spacial score (nSPS) is 11.6. The first kappa shape index (κ1) is 20.2. The van der Waals surface area contributed by atoms with Crippen molar-refractivity contribution in [2.45, 2.75) is 4.90 Å². The molecule has 4 aromatic rings. The standard InChI is InChI=1S/C21H14ClF2N3O2S/c22-15-4-1-13(2-5-15)21-12-20(14-3-10-18(23)19(24)11-14)26-27(21)16-6-8-17(9-7-16)30(25,28)29/h1-12H,(H2,25,28,29). The summed E-state index contributed by atoms with van der Waals surface area (Å²) < 4.78 is 51.7. The van der Waals surface area contributed by atoms with E-state index in [-0.39, 0.29) is 4.90 Å². The van der Waals surface area contributed by atoms with Crippen LogP contribution in [0.4, 0.5) is 8.78 Å². The van der Waals surface area contributed by atoms with Crippen molar-refractivity contribution in [1.29, 1.82) is 0 Å². The summed E-state index contributed by atoms with van der Waals surface area (Å²) in [7, 11) is -3.84. The van der Waals surface area contributed by atoms with Crippen LogP contribution < -0.4 is 5.14 Å². The van der Waals surface area contributed by atoms with Crippen molar-refractivity contribution in [2.24, 2.45) is 5.14 Å². The summed E-state index contributed by atoms with van der Waals surface area (Å²) >= 11 is 5.98. The molecular weight excluding hydrogens is 432 g/mol. The van der Waals surface area contributed by atoms with Gasteiger partial charge in [0.1, 0.15) is 0 Å². The highest BCUT2D eigenvalue weighted by Crippen LogP contribution is 2.30. The van der Waals surface area contributed by atoms with E-state index in [0.717, 1.165) is 17.7 Å². The summed E-state index contributed by atoms with van der Waals surface area (Å²) in [4.78, 5) is -0.0349. The van der Waals surface area contributed by atoms with Gasteiger partial charge in [-0.05, 0) is 60.7 Å². The molecule has 9 heteroatoms. The number of nitrogens with two attached hydrogens (primary N) is 1. The Hall–Kier alpha value is -3.07. The van der Waals surface area contributed by atoms with Crippen molar-refractivity contribution in [3.05, 3.63) is 89.5 Å². The lowest BCUT2D eigenvalue weighted by atomic mass is 10.1. The van der Waals surface area contributed by atoms with Crippen LogP contribution in [0.2, 0.25) is 5.02 Å². The number of nitrogens with zero attached hydrogens (tertiary/aromatic N) is 2. The molecule has 0 aliphatic heterocycles. The van der Waals surface area contributed by atoms with Crippen LogP contribution in [0.1, 0.15) is 0 Å². The van der Waals surface area contributed by atoms with Gasteiger partial charge in [0.25, 0.3) is 0 Å². The number of halogens is 3. The first-order chi connectivity index (χ1) is 14.2. The molecule has 0 radical (unpaired) electrons. The van der Waals surface area contributed by atoms with Gasteiger partial charge < -0.3 is 0 Å². The molecule has 0 unspecified atom stereocenters. The van der Waals surface area contributed by atoms with Gasteiger partial charge in [-0.3, -0.25) is 0 Å². The van der Waals surface area contributed by atoms with E-state index >= 15 is 0 Å². The van der Waals surface area contributed by atoms with Crippen LogP contribution in [0, 0.1) is 11.6 Å². The highest BCUT2D eigenvalue weighted by atomic mass is 35.5. The summed E-state index contributed by atoms with van der Waals surface area (Å²) in [5, 5.41) is 10.2. The Kier molecular flexibility index (Phi) is 5.15. The molecule has 5 nitrogen and oxygen atoms in total. The van der Waals surface area contributed by atoms with Gasteiger partial charge in [0.2, 0.25) is 10.0 Å². The third-order valence-electron chi connectivity index (χ3n) is 4.47. The molecule has 0 amide bonds. The lowest BCUT2D eigenvalue weighted by Crippen LogP contribution is -2.12. The Labute approximate surface area is 176 Å². The fourth-order valence-electron chi connectivity index (χ4n) is 2.98. The largest absolute Gasteiger partial charge is 0.238 e. The summed E-state index contributed by atoms with van der Waals surface area (Å²) in [5.74, 6) is -1.93. The van der Waals surface area contributed by atoms with Crippen molar-refractivity contribution < 1.29 is 17.2 Å². The van der Waals surface area contributed by atoms with Gasteiger partial charge in [-0.2, -0.15) is 5.10 Å². The van der Waals surface area contributed by atoms with Gasteiger partial charge >= 0.3 is 0 Å². The molecule has 1 heterocycles. The maximum Gasteiger partial charge on any atom is 0.238 e. The topological polar surface area (TPSA) is 78.0 Å². The molecule has 3 aromatic carbocycles. The Balaban J connectivity index is 1.88. The van der Waals surface area contributed by atoms with E-state index in [4.69, 9.17) is 16.7 Å². The fraction of sp³-hybridized carbons (Fsp3) is 0. The lowest BCUT2D eigenvalue weighted by Gasteiger charge is -2.08. The van der Waals surface area contributed by atoms with Crippen LogP contribution in [-0.2, 0) is 10.0 Å². The number of hydrogen-bond acceptors (Lipinski definition) is 3. The quantitative estimate of drug-likeness (QED) is 0.490. The van der Waals surface area contributed by atoms with E-state index < -0.39 is 21.7 Å². The van der Waals surface area contributed by atoms with Crippen LogP contribution >= 0.6 is 11.6 Å². The highest BCUT2D eigenvalue weighted by molar-refractivity contribution is 7.89. The van der Waals surface area contributed by atoms with Crippen LogP contribution in [-0.4, -0.2) is 18.2 Å². The maximum absolute atomic E-state index is 13.7. The van der Waals surface area contributed by atoms with E-state index in [2.05, 4.69) is 5.10 Å². The van der Waals surface area contributed by atoms with Gasteiger partial charge in [-0.25, -0.2) is 27.0 Å². The molecule has 0 atom stereocenters. The molecule has 0 aliphatic rings. The first-order valence-corrected chi connectivity index (χ1v) is 10.6. The minimum atomic E-state index is -3.84. The van der Waals surface area contributed by atoms with Gasteiger partial charge in [0.15, 0.2) is 11.6 Å². The molecule has 2 N–H and O–H groups in total. The molecule has 0 saturated heterocycles. The second kappa shape index (κ2) is 7.64. The second-order valence-corrected chi connectivity index (χ2v) is 8.50. The molecule has 0 fully saturated rings. The summed E-state index contributed by atoms with van der Waals surface area (Å²) in [6.07, 6.45) is 0. The number of benzene rings is 3. The number of hydrogen-bond donors (Lipinski definition) is 1. The minimum absolute atomic E-state index is 0.0349. The Bertz CT molecular complexity index is 1340. The van der Waals surface area contributed by atoms with Crippen molar-refractivity contribution in [2.75, 3.05) is 0 Å². The van der Waals surface area contributed by atoms with Gasteiger partial charge in [-0.15, -0.1) is 0 Å². The minimum Gasteiger partial charge on any atom is -0.232 e. The van der Waals surface area contributed by atoms with E-state index in [9.17, 15) is 17.2 Å². The Morgan fingerprint density at radius 1 is 0.833 bits per heavy atom. The summed E-state index contributed by atoms with van der Waals surface area (Å²) in [6.45, 7) is 0. The summed E-state index contributed by atoms with van der Waals surface area (Å²) in [6, 6.07) is 18.1. The smallest absolute Gasteiger partial charge is 0.232 e. The Morgan fingerprint density at radius 2 is 1.47 bits per heavy atom. The molecule has 1 aromatic heterocycles. The predicted molar refractivity (Wildman–Crippen MR) is 111 cm³/mol. The number of aromatic nitrogens is 2. The third-order valence-corrected chi connectivity index (χ3v) is 5.66. The molecule has 30 heavy (non-hydrogen) atoms. The zero-order valence-electron chi connectivity index (χ0n) is 15.3. The van der Waals surface area contributed by atoms with E-state index in [1.54, 1.807) is 47.1 Å². The van der Waals surface area contributed by atoms with Crippen molar-refractivity contribution in [3.63, 3.8) is 0 Å². The zero-order chi connectivity index (χ0) is 21.5. The van der Waals surface area contributed by atoms with Gasteiger partial charge in [0, 0.05) is 16.1 Å². The molecule has 152 valence electrons. The maximum atomic E-state index is 13.7. The average molecular weight is 446 g/mol. The first-order valence-electron chi connectivity index (χ1n) is 8.67. The van der Waals surface area contributed by atoms with Crippen molar-refractivity contribution in [3.8, 4) is 28.2 Å². The van der Waals surface area contributed by atoms with Crippen LogP contribution in [0.15, 0.2) is 77.7 Å². The van der Waals surface area contributed by atoms with E-state index in [0.29, 0.717) is 27.7 Å². The Morgan fingerprint density at radius 3 is 2.07 bits per heavy atom. The highest BCUT2D eigenvalue weighted by Gasteiger charge is 2.16. The summed E-state index contributed by atoms with van der Waals surface area (Å²) in [5.41, 5.74) is 2.78. The zero-order valence-corrected chi connectivity index (χ0v) is 16.8. The van der Waals surface area contributed by atoms with Crippen LogP contribution in [0.5, 0.6) is 0 Å². The van der Waals surface area contributed by atoms with Gasteiger partial charge in [0.05, 0.1) is 22.0 Å². The monoisotopic (exact) mass is 445 g/mol. The molecule has 4 rings (SSSR count). The number of primary sulfonamides is 1. The fourth-order valence-corrected chi connectivity index (χ4v) is 3.62. The average Bonchev–Trinajstić information content (AvgIpc) is 3.15. The molecule has 0 aliphatic carbocycles. The van der Waals surface area contributed by atoms with Gasteiger partial charge in [-0.1, -0.05) is 23.7 Å². The molecule has 0 spiro atoms. The third kappa shape index (κ3) is 3.97. The second-order valence-electron chi connectivity index (χ2n) is 6.50. The van der Waals surface area contributed by atoms with Crippen molar-refractivity contribution >= 4 is 21.6 Å². The molecular formula is C21H14ClF2N3O2S. The van der Waals surface area contributed by atoms with Crippen LogP contribution in [0.25, 0.3) is 28.2 Å². The van der Waals surface area contributed by atoms with E-state index in [1.807, 2.05) is 0 Å². The van der Waals surface area contributed by atoms with E-state index in [1.165, 1.54) is 18.2 Å².